The molecule has 0 spiro atoms. The first-order valence-electron chi connectivity index (χ1n) is 6.46. The molecule has 1 rings (SSSR count). The third-order valence-electron chi connectivity index (χ3n) is 2.23. The summed E-state index contributed by atoms with van der Waals surface area (Å²) in [6, 6.07) is -0.0560. The standard InChI is InChI=1S/C13H22N4O3/c1-9(17-12(18)20-13(2,3)4)5-6-19-10-7-15-11(14)16-8-10/h7-9H,5-6H2,1-4H3,(H,17,18)(H2,14,15,16)/t9-/m0/s1. The molecule has 0 aliphatic rings. The lowest BCUT2D eigenvalue weighted by atomic mass is 10.2. The summed E-state index contributed by atoms with van der Waals surface area (Å²) in [5, 5.41) is 2.74. The minimum absolute atomic E-state index is 0.0560. The van der Waals surface area contributed by atoms with E-state index in [4.69, 9.17) is 15.2 Å². The summed E-state index contributed by atoms with van der Waals surface area (Å²) < 4.78 is 10.6. The van der Waals surface area contributed by atoms with Crippen molar-refractivity contribution in [3.8, 4) is 5.75 Å². The third-order valence-corrected chi connectivity index (χ3v) is 2.23. The first-order chi connectivity index (χ1) is 9.26. The van der Waals surface area contributed by atoms with Gasteiger partial charge in [0.05, 0.1) is 19.0 Å². The first kappa shape index (κ1) is 16.0. The van der Waals surface area contributed by atoms with Crippen molar-refractivity contribution in [2.24, 2.45) is 0 Å². The number of carbonyl (C=O) groups is 1. The Labute approximate surface area is 118 Å². The Bertz CT molecular complexity index is 428. The molecule has 1 amide bonds. The molecule has 0 aromatic carbocycles. The van der Waals surface area contributed by atoms with Crippen molar-refractivity contribution in [2.45, 2.75) is 45.8 Å². The van der Waals surface area contributed by atoms with Crippen molar-refractivity contribution in [2.75, 3.05) is 12.3 Å². The normalized spacial score (nSPS) is 12.6. The maximum absolute atomic E-state index is 11.5. The molecule has 1 aromatic heterocycles. The Balaban J connectivity index is 2.24. The molecule has 0 radical (unpaired) electrons. The molecule has 7 nitrogen and oxygen atoms in total. The van der Waals surface area contributed by atoms with Crippen molar-refractivity contribution in [3.63, 3.8) is 0 Å². The molecule has 0 aliphatic carbocycles. The van der Waals surface area contributed by atoms with Gasteiger partial charge in [-0.15, -0.1) is 0 Å². The van der Waals surface area contributed by atoms with E-state index >= 15 is 0 Å². The van der Waals surface area contributed by atoms with Crippen LogP contribution in [-0.2, 0) is 4.74 Å². The van der Waals surface area contributed by atoms with E-state index in [-0.39, 0.29) is 12.0 Å². The van der Waals surface area contributed by atoms with Crippen LogP contribution in [0.3, 0.4) is 0 Å². The van der Waals surface area contributed by atoms with Gasteiger partial charge >= 0.3 is 6.09 Å². The van der Waals surface area contributed by atoms with Crippen LogP contribution >= 0.6 is 0 Å². The second-order valence-electron chi connectivity index (χ2n) is 5.46. The number of nitrogens with two attached hydrogens (primary N) is 1. The number of anilines is 1. The van der Waals surface area contributed by atoms with Gasteiger partial charge < -0.3 is 20.5 Å². The van der Waals surface area contributed by atoms with Crippen molar-refractivity contribution in [1.29, 1.82) is 0 Å². The van der Waals surface area contributed by atoms with Crippen LogP contribution in [0.1, 0.15) is 34.1 Å². The van der Waals surface area contributed by atoms with Crippen LogP contribution in [0.5, 0.6) is 5.75 Å². The van der Waals surface area contributed by atoms with E-state index in [1.807, 2.05) is 27.7 Å². The molecule has 0 saturated carbocycles. The van der Waals surface area contributed by atoms with Gasteiger partial charge in [0.2, 0.25) is 5.95 Å². The highest BCUT2D eigenvalue weighted by Crippen LogP contribution is 2.09. The number of nitrogen functional groups attached to an aromatic ring is 1. The highest BCUT2D eigenvalue weighted by molar-refractivity contribution is 5.67. The molecule has 0 aliphatic heterocycles. The first-order valence-corrected chi connectivity index (χ1v) is 6.46. The molecule has 1 heterocycles. The van der Waals surface area contributed by atoms with Gasteiger partial charge in [-0.05, 0) is 27.7 Å². The highest BCUT2D eigenvalue weighted by atomic mass is 16.6. The zero-order valence-corrected chi connectivity index (χ0v) is 12.3. The van der Waals surface area contributed by atoms with E-state index in [9.17, 15) is 4.79 Å². The van der Waals surface area contributed by atoms with Crippen LogP contribution in [0, 0.1) is 0 Å². The summed E-state index contributed by atoms with van der Waals surface area (Å²) in [5.41, 5.74) is 4.87. The quantitative estimate of drug-likeness (QED) is 0.853. The van der Waals surface area contributed by atoms with E-state index in [1.54, 1.807) is 0 Å². The van der Waals surface area contributed by atoms with Gasteiger partial charge in [-0.3, -0.25) is 0 Å². The molecule has 20 heavy (non-hydrogen) atoms. The highest BCUT2D eigenvalue weighted by Gasteiger charge is 2.17. The molecule has 0 saturated heterocycles. The second kappa shape index (κ2) is 6.93. The topological polar surface area (TPSA) is 99.4 Å². The Morgan fingerprint density at radius 1 is 1.40 bits per heavy atom. The lowest BCUT2D eigenvalue weighted by Crippen LogP contribution is -2.38. The molecule has 112 valence electrons. The Morgan fingerprint density at radius 2 is 2.00 bits per heavy atom. The minimum Gasteiger partial charge on any atom is -0.490 e. The van der Waals surface area contributed by atoms with Crippen molar-refractivity contribution < 1.29 is 14.3 Å². The average molecular weight is 282 g/mol. The maximum atomic E-state index is 11.5. The molecule has 7 heteroatoms. The summed E-state index contributed by atoms with van der Waals surface area (Å²) in [5.74, 6) is 0.751. The Morgan fingerprint density at radius 3 is 2.55 bits per heavy atom. The van der Waals surface area contributed by atoms with Crippen molar-refractivity contribution in [1.82, 2.24) is 15.3 Å². The lowest BCUT2D eigenvalue weighted by Gasteiger charge is -2.21. The number of nitrogens with zero attached hydrogens (tertiary/aromatic N) is 2. The number of hydrogen-bond donors (Lipinski definition) is 2. The molecular weight excluding hydrogens is 260 g/mol. The summed E-state index contributed by atoms with van der Waals surface area (Å²) in [7, 11) is 0. The number of amides is 1. The molecule has 0 unspecified atom stereocenters. The van der Waals surface area contributed by atoms with Gasteiger partial charge in [0, 0.05) is 12.5 Å². The largest absolute Gasteiger partial charge is 0.490 e. The summed E-state index contributed by atoms with van der Waals surface area (Å²) >= 11 is 0. The smallest absolute Gasteiger partial charge is 0.407 e. The molecule has 0 bridgehead atoms. The predicted molar refractivity (Wildman–Crippen MR) is 75.4 cm³/mol. The minimum atomic E-state index is -0.498. The van der Waals surface area contributed by atoms with Gasteiger partial charge in [0.15, 0.2) is 5.75 Å². The fraction of sp³-hybridized carbons (Fsp3) is 0.615. The van der Waals surface area contributed by atoms with Crippen molar-refractivity contribution in [3.05, 3.63) is 12.4 Å². The van der Waals surface area contributed by atoms with Gasteiger partial charge in [0.1, 0.15) is 5.60 Å². The fourth-order valence-corrected chi connectivity index (χ4v) is 1.34. The van der Waals surface area contributed by atoms with Gasteiger partial charge in [-0.25, -0.2) is 14.8 Å². The third kappa shape index (κ3) is 6.77. The zero-order chi connectivity index (χ0) is 15.2. The average Bonchev–Trinajstić information content (AvgIpc) is 2.29. The number of alkyl carbamates (subject to hydrolysis) is 1. The molecular formula is C13H22N4O3. The van der Waals surface area contributed by atoms with E-state index in [2.05, 4.69) is 15.3 Å². The molecule has 0 fully saturated rings. The Hall–Kier alpha value is -2.05. The van der Waals surface area contributed by atoms with E-state index in [0.717, 1.165) is 0 Å². The van der Waals surface area contributed by atoms with E-state index in [1.165, 1.54) is 12.4 Å². The maximum Gasteiger partial charge on any atom is 0.407 e. The number of nitrogens with one attached hydrogen (secondary N) is 1. The fourth-order valence-electron chi connectivity index (χ4n) is 1.34. The molecule has 1 atom stereocenters. The molecule has 3 N–H and O–H groups in total. The monoisotopic (exact) mass is 282 g/mol. The number of rotatable bonds is 5. The van der Waals surface area contributed by atoms with Crippen LogP contribution < -0.4 is 15.8 Å². The SMILES string of the molecule is C[C@@H](CCOc1cnc(N)nc1)NC(=O)OC(C)(C)C. The number of aromatic nitrogens is 2. The van der Waals surface area contributed by atoms with Crippen LogP contribution in [-0.4, -0.2) is 34.3 Å². The van der Waals surface area contributed by atoms with Crippen LogP contribution in [0.4, 0.5) is 10.7 Å². The zero-order valence-electron chi connectivity index (χ0n) is 12.3. The second-order valence-corrected chi connectivity index (χ2v) is 5.46. The van der Waals surface area contributed by atoms with Crippen LogP contribution in [0.2, 0.25) is 0 Å². The number of ether oxygens (including phenoxy) is 2. The summed E-state index contributed by atoms with van der Waals surface area (Å²) in [6.45, 7) is 7.78. The van der Waals surface area contributed by atoms with Gasteiger partial charge in [0.25, 0.3) is 0 Å². The van der Waals surface area contributed by atoms with Crippen LogP contribution in [0.25, 0.3) is 0 Å². The van der Waals surface area contributed by atoms with Crippen molar-refractivity contribution >= 4 is 12.0 Å². The van der Waals surface area contributed by atoms with E-state index < -0.39 is 11.7 Å². The Kier molecular flexibility index (Phi) is 5.54. The predicted octanol–water partition coefficient (Wildman–Crippen LogP) is 1.74. The molecule has 1 aromatic rings. The number of carbonyl (C=O) groups excluding carboxylic acids is 1. The summed E-state index contributed by atoms with van der Waals surface area (Å²) in [4.78, 5) is 19.2. The summed E-state index contributed by atoms with van der Waals surface area (Å²) in [6.07, 6.45) is 3.23. The van der Waals surface area contributed by atoms with Crippen LogP contribution in [0.15, 0.2) is 12.4 Å². The lowest BCUT2D eigenvalue weighted by molar-refractivity contribution is 0.0503. The van der Waals surface area contributed by atoms with Gasteiger partial charge in [-0.1, -0.05) is 0 Å². The van der Waals surface area contributed by atoms with E-state index in [0.29, 0.717) is 18.8 Å². The number of hydrogen-bond acceptors (Lipinski definition) is 6. The van der Waals surface area contributed by atoms with Gasteiger partial charge in [-0.2, -0.15) is 0 Å².